The summed E-state index contributed by atoms with van der Waals surface area (Å²) >= 11 is 0. The van der Waals surface area contributed by atoms with Gasteiger partial charge < -0.3 is 10.2 Å². The van der Waals surface area contributed by atoms with Crippen LogP contribution in [0.4, 0.5) is 10.2 Å². The molecule has 0 aliphatic carbocycles. The Morgan fingerprint density at radius 1 is 1.07 bits per heavy atom. The lowest BCUT2D eigenvalue weighted by atomic mass is 10.00. The molecule has 2 aromatic carbocycles. The Balaban J connectivity index is 1.44. The molecule has 136 valence electrons. The van der Waals surface area contributed by atoms with E-state index in [1.165, 1.54) is 29.6 Å². The van der Waals surface area contributed by atoms with Crippen LogP contribution in [-0.4, -0.2) is 22.4 Å². The molecule has 2 heterocycles. The molecule has 3 aromatic rings. The number of amides is 1. The number of carbonyl (C=O) groups is 1. The molecular formula is C21H19FN4O. The van der Waals surface area contributed by atoms with Crippen molar-refractivity contribution in [3.8, 4) is 0 Å². The van der Waals surface area contributed by atoms with Crippen molar-refractivity contribution in [3.63, 3.8) is 0 Å². The van der Waals surface area contributed by atoms with E-state index in [-0.39, 0.29) is 11.7 Å². The highest BCUT2D eigenvalue weighted by Gasteiger charge is 2.18. The lowest BCUT2D eigenvalue weighted by molar-refractivity contribution is 0.0945. The molecule has 1 aromatic heterocycles. The Morgan fingerprint density at radius 3 is 2.67 bits per heavy atom. The number of halogens is 1. The maximum Gasteiger partial charge on any atom is 0.270 e. The second kappa shape index (κ2) is 7.53. The summed E-state index contributed by atoms with van der Waals surface area (Å²) in [6.07, 6.45) is 2.37. The Labute approximate surface area is 156 Å². The number of nitrogens with one attached hydrogen (secondary N) is 1. The number of hydrogen-bond acceptors (Lipinski definition) is 4. The average Bonchev–Trinajstić information content (AvgIpc) is 2.73. The summed E-state index contributed by atoms with van der Waals surface area (Å²) in [5, 5.41) is 2.81. The molecular weight excluding hydrogens is 343 g/mol. The van der Waals surface area contributed by atoms with Gasteiger partial charge in [0.05, 0.1) is 0 Å². The van der Waals surface area contributed by atoms with Gasteiger partial charge in [-0.25, -0.2) is 14.4 Å². The monoisotopic (exact) mass is 362 g/mol. The molecule has 0 saturated carbocycles. The summed E-state index contributed by atoms with van der Waals surface area (Å²) < 4.78 is 13.0. The summed E-state index contributed by atoms with van der Waals surface area (Å²) in [6.45, 7) is 1.93. The first kappa shape index (κ1) is 17.1. The van der Waals surface area contributed by atoms with E-state index < -0.39 is 0 Å². The smallest absolute Gasteiger partial charge is 0.270 e. The van der Waals surface area contributed by atoms with E-state index in [1.54, 1.807) is 18.2 Å². The van der Waals surface area contributed by atoms with E-state index >= 15 is 0 Å². The minimum atomic E-state index is -0.298. The zero-order chi connectivity index (χ0) is 18.6. The van der Waals surface area contributed by atoms with Gasteiger partial charge in [0.1, 0.15) is 23.7 Å². The van der Waals surface area contributed by atoms with Gasteiger partial charge in [0.15, 0.2) is 0 Å². The molecule has 0 fully saturated rings. The number of rotatable bonds is 4. The van der Waals surface area contributed by atoms with Gasteiger partial charge in [0.2, 0.25) is 0 Å². The van der Waals surface area contributed by atoms with Crippen LogP contribution in [0.3, 0.4) is 0 Å². The topological polar surface area (TPSA) is 58.1 Å². The van der Waals surface area contributed by atoms with Crippen LogP contribution >= 0.6 is 0 Å². The number of anilines is 1. The molecule has 0 bridgehead atoms. The zero-order valence-electron chi connectivity index (χ0n) is 14.7. The Morgan fingerprint density at radius 2 is 1.85 bits per heavy atom. The molecule has 0 spiro atoms. The van der Waals surface area contributed by atoms with Crippen molar-refractivity contribution >= 4 is 11.7 Å². The summed E-state index contributed by atoms with van der Waals surface area (Å²) in [5.41, 5.74) is 3.79. The van der Waals surface area contributed by atoms with Gasteiger partial charge >= 0.3 is 0 Å². The van der Waals surface area contributed by atoms with Crippen LogP contribution in [-0.2, 0) is 19.5 Å². The standard InChI is InChI=1S/C21H19FN4O/c22-18-7-5-15(6-8-18)12-23-21(27)19-11-20(25-14-24-19)26-10-9-16-3-1-2-4-17(16)13-26/h1-8,11,14H,9-10,12-13H2,(H,23,27). The fraction of sp³-hybridized carbons (Fsp3) is 0.190. The molecule has 0 unspecified atom stereocenters. The second-order valence-corrected chi connectivity index (χ2v) is 6.51. The minimum Gasteiger partial charge on any atom is -0.352 e. The number of benzene rings is 2. The van der Waals surface area contributed by atoms with E-state index in [0.29, 0.717) is 12.2 Å². The number of nitrogens with zero attached hydrogens (tertiary/aromatic N) is 3. The molecule has 1 aliphatic rings. The van der Waals surface area contributed by atoms with Crippen LogP contribution in [0.1, 0.15) is 27.2 Å². The predicted octanol–water partition coefficient (Wildman–Crippen LogP) is 3.11. The molecule has 1 amide bonds. The molecule has 0 radical (unpaired) electrons. The third-order valence-corrected chi connectivity index (χ3v) is 4.71. The minimum absolute atomic E-state index is 0.277. The van der Waals surface area contributed by atoms with Gasteiger partial charge in [-0.1, -0.05) is 36.4 Å². The highest BCUT2D eigenvalue weighted by Crippen LogP contribution is 2.23. The number of fused-ring (bicyclic) bond motifs is 1. The van der Waals surface area contributed by atoms with Gasteiger partial charge in [-0.3, -0.25) is 4.79 Å². The first-order valence-electron chi connectivity index (χ1n) is 8.85. The molecule has 1 N–H and O–H groups in total. The van der Waals surface area contributed by atoms with Gasteiger partial charge in [-0.2, -0.15) is 0 Å². The van der Waals surface area contributed by atoms with E-state index in [0.717, 1.165) is 30.9 Å². The van der Waals surface area contributed by atoms with E-state index in [1.807, 2.05) is 6.07 Å². The number of aromatic nitrogens is 2. The van der Waals surface area contributed by atoms with Crippen molar-refractivity contribution < 1.29 is 9.18 Å². The van der Waals surface area contributed by atoms with Crippen molar-refractivity contribution in [3.05, 3.63) is 89.1 Å². The van der Waals surface area contributed by atoms with Crippen LogP contribution in [0.25, 0.3) is 0 Å². The molecule has 4 rings (SSSR count). The summed E-state index contributed by atoms with van der Waals surface area (Å²) in [7, 11) is 0. The normalized spacial score (nSPS) is 13.1. The van der Waals surface area contributed by atoms with E-state index in [2.05, 4.69) is 38.4 Å². The number of carbonyl (C=O) groups excluding carboxylic acids is 1. The predicted molar refractivity (Wildman–Crippen MR) is 101 cm³/mol. The Bertz CT molecular complexity index is 958. The van der Waals surface area contributed by atoms with Crippen molar-refractivity contribution in [1.82, 2.24) is 15.3 Å². The van der Waals surface area contributed by atoms with Crippen molar-refractivity contribution in [1.29, 1.82) is 0 Å². The first-order valence-corrected chi connectivity index (χ1v) is 8.85. The van der Waals surface area contributed by atoms with Crippen molar-refractivity contribution in [2.24, 2.45) is 0 Å². The van der Waals surface area contributed by atoms with E-state index in [9.17, 15) is 9.18 Å². The highest BCUT2D eigenvalue weighted by atomic mass is 19.1. The molecule has 0 saturated heterocycles. The SMILES string of the molecule is O=C(NCc1ccc(F)cc1)c1cc(N2CCc3ccccc3C2)ncn1. The quantitative estimate of drug-likeness (QED) is 0.775. The van der Waals surface area contributed by atoms with Crippen LogP contribution in [0.5, 0.6) is 0 Å². The Kier molecular flexibility index (Phi) is 4.78. The largest absolute Gasteiger partial charge is 0.352 e. The molecule has 27 heavy (non-hydrogen) atoms. The maximum absolute atomic E-state index is 13.0. The maximum atomic E-state index is 13.0. The highest BCUT2D eigenvalue weighted by molar-refractivity contribution is 5.92. The molecule has 5 nitrogen and oxygen atoms in total. The third-order valence-electron chi connectivity index (χ3n) is 4.71. The van der Waals surface area contributed by atoms with Gasteiger partial charge in [0, 0.05) is 25.7 Å². The van der Waals surface area contributed by atoms with Crippen molar-refractivity contribution in [2.45, 2.75) is 19.5 Å². The fourth-order valence-corrected chi connectivity index (χ4v) is 3.21. The van der Waals surface area contributed by atoms with Gasteiger partial charge in [-0.05, 0) is 35.2 Å². The van der Waals surface area contributed by atoms with Gasteiger partial charge in [0.25, 0.3) is 5.91 Å². The summed E-state index contributed by atoms with van der Waals surface area (Å²) in [6, 6.07) is 16.1. The van der Waals surface area contributed by atoms with Crippen LogP contribution in [0.15, 0.2) is 60.9 Å². The van der Waals surface area contributed by atoms with Crippen LogP contribution in [0.2, 0.25) is 0 Å². The third kappa shape index (κ3) is 3.95. The van der Waals surface area contributed by atoms with Crippen LogP contribution < -0.4 is 10.2 Å². The zero-order valence-corrected chi connectivity index (χ0v) is 14.7. The lowest BCUT2D eigenvalue weighted by Gasteiger charge is -2.29. The molecule has 0 atom stereocenters. The number of hydrogen-bond donors (Lipinski definition) is 1. The molecule has 1 aliphatic heterocycles. The fourth-order valence-electron chi connectivity index (χ4n) is 3.21. The Hall–Kier alpha value is -3.28. The average molecular weight is 362 g/mol. The summed E-state index contributed by atoms with van der Waals surface area (Å²) in [4.78, 5) is 23.0. The van der Waals surface area contributed by atoms with E-state index in [4.69, 9.17) is 0 Å². The van der Waals surface area contributed by atoms with Gasteiger partial charge in [-0.15, -0.1) is 0 Å². The lowest BCUT2D eigenvalue weighted by Crippen LogP contribution is -2.31. The molecule has 6 heteroatoms. The summed E-state index contributed by atoms with van der Waals surface area (Å²) in [5.74, 6) is 0.167. The first-order chi connectivity index (χ1) is 13.2. The van der Waals surface area contributed by atoms with Crippen molar-refractivity contribution in [2.75, 3.05) is 11.4 Å². The second-order valence-electron chi connectivity index (χ2n) is 6.51. The van der Waals surface area contributed by atoms with Crippen LogP contribution in [0, 0.1) is 5.82 Å².